The number of imidazole rings is 1. The molecule has 1 amide bonds. The molecule has 28 heavy (non-hydrogen) atoms. The second-order valence-corrected chi connectivity index (χ2v) is 6.31. The molecule has 7 nitrogen and oxygen atoms in total. The van der Waals surface area contributed by atoms with Gasteiger partial charge in [0.05, 0.1) is 17.8 Å². The minimum atomic E-state index is -2.71. The van der Waals surface area contributed by atoms with Gasteiger partial charge in [0.2, 0.25) is 0 Å². The van der Waals surface area contributed by atoms with Crippen LogP contribution in [0.1, 0.15) is 39.7 Å². The maximum atomic E-state index is 12.9. The fraction of sp³-hybridized carbons (Fsp3) is 0.316. The van der Waals surface area contributed by atoms with Gasteiger partial charge < -0.3 is 14.2 Å². The lowest BCUT2D eigenvalue weighted by Crippen LogP contribution is -2.27. The molecule has 0 unspecified atom stereocenters. The number of hydrogen-bond acceptors (Lipinski definition) is 5. The van der Waals surface area contributed by atoms with Crippen molar-refractivity contribution < 1.29 is 22.8 Å². The number of nitrogens with zero attached hydrogens (tertiary/aromatic N) is 4. The van der Waals surface area contributed by atoms with E-state index in [0.29, 0.717) is 17.1 Å². The normalized spacial score (nSPS) is 11.1. The molecule has 0 aliphatic rings. The molecule has 0 N–H and O–H groups in total. The van der Waals surface area contributed by atoms with E-state index in [1.165, 1.54) is 24.3 Å². The standard InChI is InChI=1S/C19H20F2N4O3/c1-12-16(13(2)28-23-12)11-27-15-6-4-5-14(9-15)18(26)24(3)10-17-22-7-8-25(17)19(20)21/h4-9,19H,10-11H2,1-3H3. The highest BCUT2D eigenvalue weighted by atomic mass is 19.3. The largest absolute Gasteiger partial charge is 0.489 e. The molecule has 0 saturated heterocycles. The van der Waals surface area contributed by atoms with Gasteiger partial charge in [-0.3, -0.25) is 9.36 Å². The lowest BCUT2D eigenvalue weighted by molar-refractivity contribution is 0.0612. The summed E-state index contributed by atoms with van der Waals surface area (Å²) in [5.74, 6) is 0.968. The Bertz CT molecular complexity index is 948. The zero-order chi connectivity index (χ0) is 20.3. The van der Waals surface area contributed by atoms with Crippen LogP contribution in [0.15, 0.2) is 41.2 Å². The van der Waals surface area contributed by atoms with Crippen molar-refractivity contribution in [2.75, 3.05) is 7.05 Å². The first-order valence-electron chi connectivity index (χ1n) is 8.56. The molecule has 2 heterocycles. The molecule has 3 aromatic rings. The zero-order valence-electron chi connectivity index (χ0n) is 15.7. The van der Waals surface area contributed by atoms with Gasteiger partial charge >= 0.3 is 6.55 Å². The quantitative estimate of drug-likeness (QED) is 0.615. The Balaban J connectivity index is 1.68. The fourth-order valence-electron chi connectivity index (χ4n) is 2.73. The van der Waals surface area contributed by atoms with Crippen LogP contribution in [0.3, 0.4) is 0 Å². The van der Waals surface area contributed by atoms with Crippen LogP contribution in [0.5, 0.6) is 5.75 Å². The van der Waals surface area contributed by atoms with Crippen LogP contribution in [0.4, 0.5) is 8.78 Å². The van der Waals surface area contributed by atoms with E-state index in [-0.39, 0.29) is 24.9 Å². The number of rotatable bonds is 7. The average Bonchev–Trinajstić information content (AvgIpc) is 3.26. The van der Waals surface area contributed by atoms with Crippen molar-refractivity contribution in [2.24, 2.45) is 0 Å². The van der Waals surface area contributed by atoms with E-state index >= 15 is 0 Å². The molecule has 3 rings (SSSR count). The van der Waals surface area contributed by atoms with Gasteiger partial charge in [0.15, 0.2) is 0 Å². The van der Waals surface area contributed by atoms with Gasteiger partial charge in [-0.15, -0.1) is 0 Å². The highest BCUT2D eigenvalue weighted by Crippen LogP contribution is 2.20. The summed E-state index contributed by atoms with van der Waals surface area (Å²) in [5.41, 5.74) is 1.99. The van der Waals surface area contributed by atoms with Crippen LogP contribution >= 0.6 is 0 Å². The number of aryl methyl sites for hydroxylation is 2. The van der Waals surface area contributed by atoms with Crippen LogP contribution in [0, 0.1) is 13.8 Å². The molecule has 0 fully saturated rings. The molecule has 1 aromatic carbocycles. The molecule has 0 radical (unpaired) electrons. The first-order valence-corrected chi connectivity index (χ1v) is 8.56. The molecule has 0 aliphatic carbocycles. The van der Waals surface area contributed by atoms with Crippen molar-refractivity contribution in [3.05, 3.63) is 65.1 Å². The summed E-state index contributed by atoms with van der Waals surface area (Å²) in [6.07, 6.45) is 2.46. The highest BCUT2D eigenvalue weighted by Gasteiger charge is 2.18. The number of halogens is 2. The maximum Gasteiger partial charge on any atom is 0.319 e. The molecular weight excluding hydrogens is 370 g/mol. The van der Waals surface area contributed by atoms with Crippen molar-refractivity contribution in [2.45, 2.75) is 33.5 Å². The number of benzene rings is 1. The third-order valence-electron chi connectivity index (χ3n) is 4.33. The second kappa shape index (κ2) is 8.20. The van der Waals surface area contributed by atoms with Crippen molar-refractivity contribution in [1.29, 1.82) is 0 Å². The molecule has 0 aliphatic heterocycles. The van der Waals surface area contributed by atoms with Crippen molar-refractivity contribution >= 4 is 5.91 Å². The number of hydrogen-bond donors (Lipinski definition) is 0. The van der Waals surface area contributed by atoms with E-state index in [2.05, 4.69) is 10.1 Å². The van der Waals surface area contributed by atoms with Gasteiger partial charge in [0.25, 0.3) is 5.91 Å². The van der Waals surface area contributed by atoms with Crippen molar-refractivity contribution in [3.8, 4) is 5.75 Å². The number of ether oxygens (including phenoxy) is 1. The Hall–Kier alpha value is -3.23. The first kappa shape index (κ1) is 19.5. The first-order chi connectivity index (χ1) is 13.4. The third-order valence-corrected chi connectivity index (χ3v) is 4.33. The van der Waals surface area contributed by atoms with E-state index in [1.54, 1.807) is 31.2 Å². The smallest absolute Gasteiger partial charge is 0.319 e. The van der Waals surface area contributed by atoms with Crippen molar-refractivity contribution in [1.82, 2.24) is 19.6 Å². The van der Waals surface area contributed by atoms with Crippen LogP contribution < -0.4 is 4.74 Å². The van der Waals surface area contributed by atoms with Gasteiger partial charge in [-0.1, -0.05) is 11.2 Å². The van der Waals surface area contributed by atoms with Crippen LogP contribution in [-0.2, 0) is 13.2 Å². The topological polar surface area (TPSA) is 73.4 Å². The van der Waals surface area contributed by atoms with E-state index in [1.807, 2.05) is 6.92 Å². The lowest BCUT2D eigenvalue weighted by Gasteiger charge is -2.18. The Labute approximate surface area is 160 Å². The molecule has 0 bridgehead atoms. The van der Waals surface area contributed by atoms with E-state index in [9.17, 15) is 13.6 Å². The average molecular weight is 390 g/mol. The molecule has 0 spiro atoms. The number of carbonyl (C=O) groups is 1. The third kappa shape index (κ3) is 4.19. The highest BCUT2D eigenvalue weighted by molar-refractivity contribution is 5.94. The summed E-state index contributed by atoms with van der Waals surface area (Å²) in [5, 5.41) is 3.88. The number of amides is 1. The minimum absolute atomic E-state index is 0.0413. The summed E-state index contributed by atoms with van der Waals surface area (Å²) in [4.78, 5) is 17.9. The minimum Gasteiger partial charge on any atom is -0.489 e. The summed E-state index contributed by atoms with van der Waals surface area (Å²) in [6.45, 7) is 1.15. The van der Waals surface area contributed by atoms with Gasteiger partial charge in [0.1, 0.15) is 23.9 Å². The fourth-order valence-corrected chi connectivity index (χ4v) is 2.73. The Morgan fingerprint density at radius 1 is 1.36 bits per heavy atom. The zero-order valence-corrected chi connectivity index (χ0v) is 15.7. The summed E-state index contributed by atoms with van der Waals surface area (Å²) in [7, 11) is 1.53. The monoisotopic (exact) mass is 390 g/mol. The summed E-state index contributed by atoms with van der Waals surface area (Å²) in [6, 6.07) is 6.68. The molecule has 2 aromatic heterocycles. The maximum absolute atomic E-state index is 12.9. The van der Waals surface area contributed by atoms with Crippen LogP contribution in [0.25, 0.3) is 0 Å². The lowest BCUT2D eigenvalue weighted by atomic mass is 10.2. The van der Waals surface area contributed by atoms with E-state index < -0.39 is 6.55 Å². The Morgan fingerprint density at radius 3 is 2.82 bits per heavy atom. The van der Waals surface area contributed by atoms with Gasteiger partial charge in [-0.05, 0) is 32.0 Å². The Morgan fingerprint density at radius 2 is 2.14 bits per heavy atom. The van der Waals surface area contributed by atoms with Crippen LogP contribution in [0.2, 0.25) is 0 Å². The number of alkyl halides is 2. The molecule has 0 atom stereocenters. The van der Waals surface area contributed by atoms with E-state index in [4.69, 9.17) is 9.26 Å². The SMILES string of the molecule is Cc1noc(C)c1COc1cccc(C(=O)N(C)Cc2nccn2C(F)F)c1. The Kier molecular flexibility index (Phi) is 5.72. The molecule has 148 valence electrons. The summed E-state index contributed by atoms with van der Waals surface area (Å²) >= 11 is 0. The predicted octanol–water partition coefficient (Wildman–Crippen LogP) is 3.73. The number of aromatic nitrogens is 3. The number of carbonyl (C=O) groups excluding carboxylic acids is 1. The predicted molar refractivity (Wildman–Crippen MR) is 96.0 cm³/mol. The van der Waals surface area contributed by atoms with Gasteiger partial charge in [0, 0.05) is 25.0 Å². The summed E-state index contributed by atoms with van der Waals surface area (Å²) < 4.78 is 37.5. The molecule has 0 saturated carbocycles. The van der Waals surface area contributed by atoms with Crippen molar-refractivity contribution in [3.63, 3.8) is 0 Å². The van der Waals surface area contributed by atoms with Crippen LogP contribution in [-0.4, -0.2) is 32.6 Å². The molecular formula is C19H20F2N4O3. The second-order valence-electron chi connectivity index (χ2n) is 6.31. The van der Waals surface area contributed by atoms with Gasteiger partial charge in [-0.2, -0.15) is 8.78 Å². The van der Waals surface area contributed by atoms with Gasteiger partial charge in [-0.25, -0.2) is 4.98 Å². The van der Waals surface area contributed by atoms with E-state index in [0.717, 1.165) is 15.8 Å². The molecule has 9 heteroatoms.